The minimum absolute atomic E-state index is 0.000109. The van der Waals surface area contributed by atoms with E-state index >= 15 is 0 Å². The molecule has 1 N–H and O–H groups in total. The summed E-state index contributed by atoms with van der Waals surface area (Å²) >= 11 is 1.42. The second-order valence-electron chi connectivity index (χ2n) is 4.49. The summed E-state index contributed by atoms with van der Waals surface area (Å²) in [6.45, 7) is 2.45. The number of ketones is 1. The molecule has 0 spiro atoms. The van der Waals surface area contributed by atoms with Crippen LogP contribution >= 0.6 is 11.3 Å². The molecule has 1 heterocycles. The summed E-state index contributed by atoms with van der Waals surface area (Å²) in [4.78, 5) is 23.8. The highest BCUT2D eigenvalue weighted by atomic mass is 32.1. The zero-order valence-corrected chi connectivity index (χ0v) is 13.1. The smallest absolute Gasteiger partial charge is 0.257 e. The van der Waals surface area contributed by atoms with Crippen molar-refractivity contribution in [3.63, 3.8) is 0 Å². The van der Waals surface area contributed by atoms with E-state index in [-0.39, 0.29) is 18.3 Å². The first kappa shape index (κ1) is 16.0. The van der Waals surface area contributed by atoms with Crippen LogP contribution in [0.4, 0.5) is 0 Å². The summed E-state index contributed by atoms with van der Waals surface area (Å²) in [5, 5.41) is 4.54. The van der Waals surface area contributed by atoms with Crippen LogP contribution in [0.25, 0.3) is 6.08 Å². The fourth-order valence-electron chi connectivity index (χ4n) is 1.75. The maximum atomic E-state index is 11.8. The molecule has 0 atom stereocenters. The van der Waals surface area contributed by atoms with E-state index in [4.69, 9.17) is 4.74 Å². The summed E-state index contributed by atoms with van der Waals surface area (Å²) in [6.07, 6.45) is 3.31. The van der Waals surface area contributed by atoms with E-state index < -0.39 is 0 Å². The third-order valence-corrected chi connectivity index (χ3v) is 3.70. The molecule has 1 amide bonds. The Morgan fingerprint density at radius 2 is 2.00 bits per heavy atom. The minimum Gasteiger partial charge on any atom is -0.484 e. The van der Waals surface area contributed by atoms with Gasteiger partial charge in [-0.1, -0.05) is 24.3 Å². The molecular weight excluding hydrogens is 298 g/mol. The van der Waals surface area contributed by atoms with Crippen molar-refractivity contribution < 1.29 is 14.3 Å². The van der Waals surface area contributed by atoms with E-state index in [0.717, 1.165) is 10.4 Å². The quantitative estimate of drug-likeness (QED) is 0.631. The molecule has 2 rings (SSSR count). The highest BCUT2D eigenvalue weighted by Crippen LogP contribution is 2.14. The molecule has 0 saturated heterocycles. The second-order valence-corrected chi connectivity index (χ2v) is 5.43. The van der Waals surface area contributed by atoms with Gasteiger partial charge in [0.05, 0.1) is 4.88 Å². The monoisotopic (exact) mass is 315 g/mol. The van der Waals surface area contributed by atoms with Gasteiger partial charge in [0.1, 0.15) is 5.75 Å². The second kappa shape index (κ2) is 8.14. The van der Waals surface area contributed by atoms with Gasteiger partial charge >= 0.3 is 0 Å². The Morgan fingerprint density at radius 1 is 1.23 bits per heavy atom. The predicted octanol–water partition coefficient (Wildman–Crippen LogP) is 3.16. The topological polar surface area (TPSA) is 55.4 Å². The summed E-state index contributed by atoms with van der Waals surface area (Å²) in [5.74, 6) is 0.465. The molecule has 0 saturated carbocycles. The number of allylic oxidation sites excluding steroid dienone is 1. The number of hydrogen-bond acceptors (Lipinski definition) is 4. The van der Waals surface area contributed by atoms with Crippen LogP contribution in [-0.2, 0) is 4.79 Å². The lowest BCUT2D eigenvalue weighted by molar-refractivity contribution is -0.122. The highest BCUT2D eigenvalue weighted by molar-refractivity contribution is 7.12. The number of nitrogens with one attached hydrogen (secondary N) is 1. The first-order chi connectivity index (χ1) is 10.7. The molecule has 0 aliphatic heterocycles. The third-order valence-electron chi connectivity index (χ3n) is 2.82. The lowest BCUT2D eigenvalue weighted by Crippen LogP contribution is -2.28. The van der Waals surface area contributed by atoms with Gasteiger partial charge in [-0.15, -0.1) is 11.3 Å². The maximum absolute atomic E-state index is 11.8. The molecule has 1 aromatic heterocycles. The molecule has 0 bridgehead atoms. The highest BCUT2D eigenvalue weighted by Gasteiger charge is 2.02. The zero-order chi connectivity index (χ0) is 15.8. The number of ether oxygens (including phenoxy) is 1. The fraction of sp³-hybridized carbons (Fsp3) is 0.176. The molecule has 0 aliphatic carbocycles. The van der Waals surface area contributed by atoms with Crippen molar-refractivity contribution >= 4 is 29.1 Å². The van der Waals surface area contributed by atoms with E-state index in [1.165, 1.54) is 11.3 Å². The van der Waals surface area contributed by atoms with Gasteiger partial charge in [-0.2, -0.15) is 0 Å². The van der Waals surface area contributed by atoms with Gasteiger partial charge in [-0.3, -0.25) is 9.59 Å². The van der Waals surface area contributed by atoms with E-state index in [1.807, 2.05) is 30.5 Å². The summed E-state index contributed by atoms with van der Waals surface area (Å²) in [7, 11) is 0. The lowest BCUT2D eigenvalue weighted by Gasteiger charge is -2.06. The van der Waals surface area contributed by atoms with Gasteiger partial charge < -0.3 is 10.1 Å². The van der Waals surface area contributed by atoms with Gasteiger partial charge in [0.25, 0.3) is 5.91 Å². The minimum atomic E-state index is -0.145. The number of carbonyl (C=O) groups excluding carboxylic acids is 2. The van der Waals surface area contributed by atoms with Crippen LogP contribution in [0, 0.1) is 0 Å². The number of benzene rings is 1. The van der Waals surface area contributed by atoms with Crippen LogP contribution in [0.5, 0.6) is 5.75 Å². The molecule has 114 valence electrons. The Balaban J connectivity index is 1.89. The number of amides is 1. The maximum Gasteiger partial charge on any atom is 0.257 e. The summed E-state index contributed by atoms with van der Waals surface area (Å²) in [6, 6.07) is 10.9. The van der Waals surface area contributed by atoms with Crippen molar-refractivity contribution in [3.05, 3.63) is 58.3 Å². The largest absolute Gasteiger partial charge is 0.484 e. The predicted molar refractivity (Wildman–Crippen MR) is 88.3 cm³/mol. The average molecular weight is 315 g/mol. The van der Waals surface area contributed by atoms with Crippen molar-refractivity contribution in [3.8, 4) is 5.75 Å². The molecule has 1 aromatic carbocycles. The average Bonchev–Trinajstić information content (AvgIpc) is 3.06. The first-order valence-electron chi connectivity index (χ1n) is 6.94. The van der Waals surface area contributed by atoms with Crippen LogP contribution in [0.1, 0.15) is 22.2 Å². The lowest BCUT2D eigenvalue weighted by atomic mass is 10.2. The van der Waals surface area contributed by atoms with Crippen LogP contribution in [-0.4, -0.2) is 24.8 Å². The van der Waals surface area contributed by atoms with Crippen molar-refractivity contribution in [2.75, 3.05) is 13.2 Å². The molecule has 0 fully saturated rings. The fourth-order valence-corrected chi connectivity index (χ4v) is 2.39. The van der Waals surface area contributed by atoms with E-state index in [1.54, 1.807) is 30.4 Å². The molecular formula is C17H17NO3S. The van der Waals surface area contributed by atoms with E-state index in [2.05, 4.69) is 5.32 Å². The Hall–Kier alpha value is -2.40. The summed E-state index contributed by atoms with van der Waals surface area (Å²) < 4.78 is 5.36. The van der Waals surface area contributed by atoms with Gasteiger partial charge in [0, 0.05) is 6.54 Å². The number of thiophene rings is 1. The van der Waals surface area contributed by atoms with E-state index in [0.29, 0.717) is 12.3 Å². The molecule has 22 heavy (non-hydrogen) atoms. The SMILES string of the molecule is CCNC(=O)COc1ccc(/C=C\C(=O)c2cccs2)cc1. The first-order valence-corrected chi connectivity index (χ1v) is 7.82. The number of carbonyl (C=O) groups is 2. The summed E-state index contributed by atoms with van der Waals surface area (Å²) in [5.41, 5.74) is 0.898. The van der Waals surface area contributed by atoms with Crippen LogP contribution in [0.15, 0.2) is 47.9 Å². The molecule has 5 heteroatoms. The zero-order valence-electron chi connectivity index (χ0n) is 12.2. The van der Waals surface area contributed by atoms with Gasteiger partial charge in [-0.05, 0) is 42.1 Å². The van der Waals surface area contributed by atoms with Crippen molar-refractivity contribution in [2.24, 2.45) is 0 Å². The Kier molecular flexibility index (Phi) is 5.91. The Morgan fingerprint density at radius 3 is 2.64 bits per heavy atom. The number of rotatable bonds is 7. The van der Waals surface area contributed by atoms with Crippen molar-refractivity contribution in [2.45, 2.75) is 6.92 Å². The molecule has 0 aliphatic rings. The van der Waals surface area contributed by atoms with Gasteiger partial charge in [0.15, 0.2) is 12.4 Å². The van der Waals surface area contributed by atoms with Crippen LogP contribution in [0.2, 0.25) is 0 Å². The normalized spacial score (nSPS) is 10.6. The van der Waals surface area contributed by atoms with Gasteiger partial charge in [-0.25, -0.2) is 0 Å². The number of hydrogen-bond donors (Lipinski definition) is 1. The van der Waals surface area contributed by atoms with Crippen LogP contribution < -0.4 is 10.1 Å². The number of likely N-dealkylation sites (N-methyl/N-ethyl adjacent to an activating group) is 1. The third kappa shape index (κ3) is 4.86. The molecule has 4 nitrogen and oxygen atoms in total. The Labute approximate surface area is 133 Å². The standard InChI is InChI=1S/C17H17NO3S/c1-2-18-17(20)12-21-14-8-5-13(6-9-14)7-10-15(19)16-4-3-11-22-16/h3-11H,2,12H2,1H3,(H,18,20)/b10-7-. The molecule has 0 unspecified atom stereocenters. The van der Waals surface area contributed by atoms with Crippen molar-refractivity contribution in [1.82, 2.24) is 5.32 Å². The van der Waals surface area contributed by atoms with Gasteiger partial charge in [0.2, 0.25) is 0 Å². The van der Waals surface area contributed by atoms with Crippen molar-refractivity contribution in [1.29, 1.82) is 0 Å². The Bertz CT molecular complexity index is 645. The van der Waals surface area contributed by atoms with Crippen LogP contribution in [0.3, 0.4) is 0 Å². The van der Waals surface area contributed by atoms with E-state index in [9.17, 15) is 9.59 Å². The molecule has 0 radical (unpaired) electrons. The molecule has 2 aromatic rings.